The summed E-state index contributed by atoms with van der Waals surface area (Å²) in [6, 6.07) is 0. The maximum atomic E-state index is 10.8. The van der Waals surface area contributed by atoms with Gasteiger partial charge in [-0.3, -0.25) is 0 Å². The number of nitrogens with zero attached hydrogens (tertiary/aromatic N) is 1. The predicted molar refractivity (Wildman–Crippen MR) is 45.2 cm³/mol. The van der Waals surface area contributed by atoms with Crippen LogP contribution >= 0.6 is 34.5 Å². The third kappa shape index (κ3) is 2.05. The molecule has 0 amide bonds. The molecule has 0 aliphatic carbocycles. The first kappa shape index (κ1) is 9.25. The van der Waals surface area contributed by atoms with E-state index in [1.165, 1.54) is 0 Å². The molecule has 1 rings (SSSR count). The Morgan fingerprint density at radius 2 is 2.00 bits per heavy atom. The van der Waals surface area contributed by atoms with Crippen molar-refractivity contribution in [1.82, 2.24) is 4.98 Å². The summed E-state index contributed by atoms with van der Waals surface area (Å²) in [4.78, 5) is 3.55. The number of hydrogen-bond donors (Lipinski definition) is 0. The molecule has 7 heteroatoms. The number of hydrogen-bond acceptors (Lipinski definition) is 4. The third-order valence-electron chi connectivity index (χ3n) is 0.846. The van der Waals surface area contributed by atoms with Crippen LogP contribution in [0.2, 0.25) is 9.49 Å². The van der Waals surface area contributed by atoms with Crippen molar-refractivity contribution in [2.45, 2.75) is 4.34 Å². The van der Waals surface area contributed by atoms with Crippen molar-refractivity contribution in [2.24, 2.45) is 0 Å². The Hall–Kier alpha value is 0.160. The molecular formula is C4H3Cl2NO2S2. The fraction of sp³-hybridized carbons (Fsp3) is 0.250. The second-order valence-corrected chi connectivity index (χ2v) is 5.97. The second-order valence-electron chi connectivity index (χ2n) is 1.82. The summed E-state index contributed by atoms with van der Waals surface area (Å²) in [7, 11) is -3.27. The molecule has 11 heavy (non-hydrogen) atoms. The van der Waals surface area contributed by atoms with E-state index in [0.29, 0.717) is 0 Å². The molecule has 0 spiro atoms. The zero-order valence-electron chi connectivity index (χ0n) is 5.34. The van der Waals surface area contributed by atoms with Gasteiger partial charge in [-0.25, -0.2) is 13.4 Å². The monoisotopic (exact) mass is 231 g/mol. The minimum Gasteiger partial charge on any atom is -0.222 e. The topological polar surface area (TPSA) is 47.0 Å². The Balaban J connectivity index is 3.29. The predicted octanol–water partition coefficient (Wildman–Crippen LogP) is 1.85. The van der Waals surface area contributed by atoms with Crippen molar-refractivity contribution in [1.29, 1.82) is 0 Å². The van der Waals surface area contributed by atoms with Crippen molar-refractivity contribution < 1.29 is 8.42 Å². The van der Waals surface area contributed by atoms with Gasteiger partial charge in [-0.15, -0.1) is 0 Å². The first-order valence-electron chi connectivity index (χ1n) is 2.43. The summed E-state index contributed by atoms with van der Waals surface area (Å²) in [5, 5.41) is 0.0390. The van der Waals surface area contributed by atoms with Crippen molar-refractivity contribution >= 4 is 44.4 Å². The van der Waals surface area contributed by atoms with E-state index in [9.17, 15) is 8.42 Å². The first-order chi connectivity index (χ1) is 4.91. The van der Waals surface area contributed by atoms with E-state index in [1.807, 2.05) is 0 Å². The van der Waals surface area contributed by atoms with Crippen molar-refractivity contribution in [2.75, 3.05) is 6.26 Å². The molecule has 1 heterocycles. The molecule has 3 nitrogen and oxygen atoms in total. The SMILES string of the molecule is CS(=O)(=O)c1nc(Cl)c(Cl)s1. The van der Waals surface area contributed by atoms with E-state index < -0.39 is 9.84 Å². The lowest BCUT2D eigenvalue weighted by Crippen LogP contribution is -1.94. The summed E-state index contributed by atoms with van der Waals surface area (Å²) in [6.45, 7) is 0. The van der Waals surface area contributed by atoms with Gasteiger partial charge in [0.1, 0.15) is 4.34 Å². The fourth-order valence-electron chi connectivity index (χ4n) is 0.424. The van der Waals surface area contributed by atoms with Gasteiger partial charge in [-0.1, -0.05) is 34.5 Å². The van der Waals surface area contributed by atoms with Crippen LogP contribution in [0, 0.1) is 0 Å². The number of thiazole rings is 1. The largest absolute Gasteiger partial charge is 0.222 e. The molecule has 0 aliphatic rings. The second kappa shape index (κ2) is 2.90. The van der Waals surface area contributed by atoms with Crippen LogP contribution < -0.4 is 0 Å². The van der Waals surface area contributed by atoms with Crippen LogP contribution in [0.3, 0.4) is 0 Å². The van der Waals surface area contributed by atoms with Gasteiger partial charge in [0, 0.05) is 6.26 Å². The van der Waals surface area contributed by atoms with E-state index in [1.54, 1.807) is 0 Å². The maximum Gasteiger partial charge on any atom is 0.211 e. The van der Waals surface area contributed by atoms with Gasteiger partial charge in [-0.05, 0) is 0 Å². The molecule has 62 valence electrons. The lowest BCUT2D eigenvalue weighted by molar-refractivity contribution is 0.601. The van der Waals surface area contributed by atoms with Crippen molar-refractivity contribution in [3.8, 4) is 0 Å². The average molecular weight is 232 g/mol. The normalized spacial score (nSPS) is 11.9. The van der Waals surface area contributed by atoms with Crippen LogP contribution in [0.15, 0.2) is 4.34 Å². The minimum absolute atomic E-state index is 0.0390. The molecule has 0 bridgehead atoms. The van der Waals surface area contributed by atoms with E-state index in [4.69, 9.17) is 23.2 Å². The highest BCUT2D eigenvalue weighted by atomic mass is 35.5. The molecule has 0 saturated heterocycles. The maximum absolute atomic E-state index is 10.8. The highest BCUT2D eigenvalue weighted by Gasteiger charge is 2.15. The highest BCUT2D eigenvalue weighted by Crippen LogP contribution is 2.30. The molecule has 0 radical (unpaired) electrons. The number of halogens is 2. The average Bonchev–Trinajstić information content (AvgIpc) is 2.11. The molecule has 0 aliphatic heterocycles. The number of sulfone groups is 1. The number of aromatic nitrogens is 1. The van der Waals surface area contributed by atoms with Gasteiger partial charge < -0.3 is 0 Å². The van der Waals surface area contributed by atoms with Gasteiger partial charge in [0.25, 0.3) is 0 Å². The van der Waals surface area contributed by atoms with E-state index >= 15 is 0 Å². The minimum atomic E-state index is -3.27. The van der Waals surface area contributed by atoms with Gasteiger partial charge in [0.2, 0.25) is 14.2 Å². The fourth-order valence-corrected chi connectivity index (χ4v) is 2.66. The first-order valence-corrected chi connectivity index (χ1v) is 5.89. The summed E-state index contributed by atoms with van der Waals surface area (Å²) >= 11 is 11.8. The molecule has 0 atom stereocenters. The third-order valence-corrected chi connectivity index (χ3v) is 4.26. The van der Waals surface area contributed by atoms with Gasteiger partial charge in [-0.2, -0.15) is 0 Å². The molecular weight excluding hydrogens is 229 g/mol. The molecule has 1 aromatic rings. The van der Waals surface area contributed by atoms with E-state index in [2.05, 4.69) is 4.98 Å². The van der Waals surface area contributed by atoms with Crippen LogP contribution in [0.4, 0.5) is 0 Å². The van der Waals surface area contributed by atoms with E-state index in [0.717, 1.165) is 17.6 Å². The lowest BCUT2D eigenvalue weighted by Gasteiger charge is -1.85. The quantitative estimate of drug-likeness (QED) is 0.742. The van der Waals surface area contributed by atoms with E-state index in [-0.39, 0.29) is 13.8 Å². The zero-order valence-corrected chi connectivity index (χ0v) is 8.48. The number of rotatable bonds is 1. The molecule has 0 unspecified atom stereocenters. The molecule has 1 aromatic heterocycles. The molecule has 0 fully saturated rings. The molecule has 0 N–H and O–H groups in total. The summed E-state index contributed by atoms with van der Waals surface area (Å²) < 4.78 is 21.8. The summed E-state index contributed by atoms with van der Waals surface area (Å²) in [6.07, 6.45) is 1.05. The Morgan fingerprint density at radius 3 is 2.18 bits per heavy atom. The van der Waals surface area contributed by atoms with Crippen LogP contribution in [0.5, 0.6) is 0 Å². The highest BCUT2D eigenvalue weighted by molar-refractivity contribution is 7.92. The van der Waals surface area contributed by atoms with Crippen LogP contribution in [0.25, 0.3) is 0 Å². The van der Waals surface area contributed by atoms with Crippen molar-refractivity contribution in [3.05, 3.63) is 9.49 Å². The van der Waals surface area contributed by atoms with Crippen LogP contribution in [-0.4, -0.2) is 19.7 Å². The Morgan fingerprint density at radius 1 is 1.45 bits per heavy atom. The standard InChI is InChI=1S/C4H3Cl2NO2S2/c1-11(8,9)4-7-2(5)3(6)10-4/h1H3. The Labute approximate surface area is 77.9 Å². The van der Waals surface area contributed by atoms with Gasteiger partial charge in [0.05, 0.1) is 0 Å². The smallest absolute Gasteiger partial charge is 0.211 e. The van der Waals surface area contributed by atoms with Crippen molar-refractivity contribution in [3.63, 3.8) is 0 Å². The van der Waals surface area contributed by atoms with Crippen LogP contribution in [0.1, 0.15) is 0 Å². The van der Waals surface area contributed by atoms with Gasteiger partial charge in [0.15, 0.2) is 5.15 Å². The molecule has 0 saturated carbocycles. The molecule has 0 aromatic carbocycles. The summed E-state index contributed by atoms with van der Waals surface area (Å²) in [5.41, 5.74) is 0. The van der Waals surface area contributed by atoms with Crippen LogP contribution in [-0.2, 0) is 9.84 Å². The lowest BCUT2D eigenvalue weighted by atomic mass is 11.0. The van der Waals surface area contributed by atoms with Gasteiger partial charge >= 0.3 is 0 Å². The Kier molecular flexibility index (Phi) is 2.43. The summed E-state index contributed by atoms with van der Waals surface area (Å²) in [5.74, 6) is 0. The Bertz CT molecular complexity index is 350. The zero-order chi connectivity index (χ0) is 8.65.